The minimum atomic E-state index is -0.235. The number of halogens is 1. The summed E-state index contributed by atoms with van der Waals surface area (Å²) in [6, 6.07) is 0. The molecule has 15 heavy (non-hydrogen) atoms. The Kier molecular flexibility index (Phi) is 5.72. The standard InChI is InChI=1S/C8H13ClN4O2/c9-2-5-15-4-1-3-10-8(14)7-6-11-13-12-7/h6H,1-5H2,(H,10,14)(H,11,12,13). The van der Waals surface area contributed by atoms with Crippen LogP contribution in [0.15, 0.2) is 6.20 Å². The van der Waals surface area contributed by atoms with E-state index in [2.05, 4.69) is 20.7 Å². The van der Waals surface area contributed by atoms with Crippen molar-refractivity contribution in [3.05, 3.63) is 11.9 Å². The molecule has 0 bridgehead atoms. The van der Waals surface area contributed by atoms with Crippen LogP contribution in [-0.4, -0.2) is 47.0 Å². The molecule has 0 aliphatic heterocycles. The van der Waals surface area contributed by atoms with Crippen LogP contribution in [0.1, 0.15) is 16.9 Å². The summed E-state index contributed by atoms with van der Waals surface area (Å²) in [5.41, 5.74) is 0.289. The van der Waals surface area contributed by atoms with Gasteiger partial charge in [0.25, 0.3) is 5.91 Å². The van der Waals surface area contributed by atoms with Crippen LogP contribution in [0.5, 0.6) is 0 Å². The average Bonchev–Trinajstić information content (AvgIpc) is 2.76. The largest absolute Gasteiger partial charge is 0.380 e. The predicted octanol–water partition coefficient (Wildman–Crippen LogP) is 0.180. The van der Waals surface area contributed by atoms with E-state index in [0.29, 0.717) is 25.6 Å². The second-order valence-corrected chi connectivity index (χ2v) is 3.14. The first-order chi connectivity index (χ1) is 7.34. The molecule has 0 aliphatic rings. The number of H-pyrrole nitrogens is 1. The van der Waals surface area contributed by atoms with E-state index in [1.807, 2.05) is 0 Å². The summed E-state index contributed by atoms with van der Waals surface area (Å²) in [5.74, 6) is 0.256. The lowest BCUT2D eigenvalue weighted by Gasteiger charge is -2.03. The number of hydrogen-bond acceptors (Lipinski definition) is 4. The quantitative estimate of drug-likeness (QED) is 0.519. The van der Waals surface area contributed by atoms with Crippen molar-refractivity contribution >= 4 is 17.5 Å². The summed E-state index contributed by atoms with van der Waals surface area (Å²) < 4.78 is 5.14. The molecule has 1 heterocycles. The molecule has 0 aliphatic carbocycles. The number of aromatic amines is 1. The van der Waals surface area contributed by atoms with Crippen LogP contribution in [0.3, 0.4) is 0 Å². The van der Waals surface area contributed by atoms with Crippen LogP contribution in [-0.2, 0) is 4.74 Å². The van der Waals surface area contributed by atoms with Gasteiger partial charge in [0.15, 0.2) is 5.69 Å². The van der Waals surface area contributed by atoms with Crippen LogP contribution < -0.4 is 5.32 Å². The Morgan fingerprint density at radius 1 is 1.60 bits per heavy atom. The second-order valence-electron chi connectivity index (χ2n) is 2.77. The number of hydrogen-bond donors (Lipinski definition) is 2. The van der Waals surface area contributed by atoms with Crippen molar-refractivity contribution in [1.82, 2.24) is 20.7 Å². The number of carbonyl (C=O) groups excluding carboxylic acids is 1. The third kappa shape index (κ3) is 4.75. The zero-order valence-electron chi connectivity index (χ0n) is 8.20. The monoisotopic (exact) mass is 232 g/mol. The lowest BCUT2D eigenvalue weighted by atomic mass is 10.4. The summed E-state index contributed by atoms with van der Waals surface area (Å²) in [4.78, 5) is 11.3. The summed E-state index contributed by atoms with van der Waals surface area (Å²) >= 11 is 5.42. The highest BCUT2D eigenvalue weighted by Crippen LogP contribution is 1.88. The van der Waals surface area contributed by atoms with Gasteiger partial charge in [0, 0.05) is 19.0 Å². The number of carbonyl (C=O) groups is 1. The Bertz CT molecular complexity index is 278. The molecule has 0 radical (unpaired) electrons. The first kappa shape index (κ1) is 11.9. The fourth-order valence-electron chi connectivity index (χ4n) is 0.934. The summed E-state index contributed by atoms with van der Waals surface area (Å²) in [6.45, 7) is 1.68. The molecule has 0 fully saturated rings. The zero-order valence-corrected chi connectivity index (χ0v) is 8.96. The highest BCUT2D eigenvalue weighted by Gasteiger charge is 2.06. The van der Waals surface area contributed by atoms with Crippen LogP contribution in [0.2, 0.25) is 0 Å². The van der Waals surface area contributed by atoms with Gasteiger partial charge in [-0.25, -0.2) is 0 Å². The molecule has 1 amide bonds. The molecule has 0 aromatic carbocycles. The van der Waals surface area contributed by atoms with Crippen molar-refractivity contribution in [3.8, 4) is 0 Å². The Labute approximate surface area is 92.3 Å². The van der Waals surface area contributed by atoms with E-state index in [1.165, 1.54) is 6.20 Å². The Morgan fingerprint density at radius 2 is 2.47 bits per heavy atom. The maximum atomic E-state index is 11.3. The van der Waals surface area contributed by atoms with Gasteiger partial charge in [-0.05, 0) is 6.42 Å². The third-order valence-electron chi connectivity index (χ3n) is 1.62. The molecular weight excluding hydrogens is 220 g/mol. The van der Waals surface area contributed by atoms with E-state index < -0.39 is 0 Å². The van der Waals surface area contributed by atoms with Gasteiger partial charge in [-0.2, -0.15) is 15.4 Å². The predicted molar refractivity (Wildman–Crippen MR) is 54.9 cm³/mol. The van der Waals surface area contributed by atoms with Crippen LogP contribution in [0.4, 0.5) is 0 Å². The molecule has 0 unspecified atom stereocenters. The van der Waals surface area contributed by atoms with Gasteiger partial charge in [-0.3, -0.25) is 4.79 Å². The topological polar surface area (TPSA) is 79.9 Å². The van der Waals surface area contributed by atoms with E-state index in [9.17, 15) is 4.79 Å². The van der Waals surface area contributed by atoms with Crippen molar-refractivity contribution in [2.45, 2.75) is 6.42 Å². The number of nitrogens with zero attached hydrogens (tertiary/aromatic N) is 2. The molecule has 6 nitrogen and oxygen atoms in total. The normalized spacial score (nSPS) is 10.2. The summed E-state index contributed by atoms with van der Waals surface area (Å²) in [5, 5.41) is 12.2. The molecule has 1 aromatic rings. The van der Waals surface area contributed by atoms with Crippen molar-refractivity contribution < 1.29 is 9.53 Å². The average molecular weight is 233 g/mol. The molecule has 84 valence electrons. The summed E-state index contributed by atoms with van der Waals surface area (Å²) in [6.07, 6.45) is 2.12. The lowest BCUT2D eigenvalue weighted by Crippen LogP contribution is -2.25. The molecule has 0 spiro atoms. The SMILES string of the molecule is O=C(NCCCOCCCl)c1cn[nH]n1. The highest BCUT2D eigenvalue weighted by atomic mass is 35.5. The molecule has 0 atom stereocenters. The number of rotatable bonds is 7. The third-order valence-corrected chi connectivity index (χ3v) is 1.77. The van der Waals surface area contributed by atoms with Gasteiger partial charge in [-0.1, -0.05) is 0 Å². The molecule has 0 saturated heterocycles. The van der Waals surface area contributed by atoms with Gasteiger partial charge in [0.1, 0.15) is 0 Å². The minimum Gasteiger partial charge on any atom is -0.380 e. The van der Waals surface area contributed by atoms with E-state index in [-0.39, 0.29) is 11.6 Å². The van der Waals surface area contributed by atoms with Gasteiger partial charge in [-0.15, -0.1) is 11.6 Å². The molecule has 0 saturated carbocycles. The Hall–Kier alpha value is -1.14. The Balaban J connectivity index is 2.03. The van der Waals surface area contributed by atoms with Gasteiger partial charge in [0.05, 0.1) is 12.8 Å². The van der Waals surface area contributed by atoms with Crippen LogP contribution in [0.25, 0.3) is 0 Å². The van der Waals surface area contributed by atoms with Gasteiger partial charge in [0.2, 0.25) is 0 Å². The van der Waals surface area contributed by atoms with E-state index >= 15 is 0 Å². The smallest absolute Gasteiger partial charge is 0.273 e. The van der Waals surface area contributed by atoms with Crippen molar-refractivity contribution in [2.24, 2.45) is 0 Å². The first-order valence-electron chi connectivity index (χ1n) is 4.62. The van der Waals surface area contributed by atoms with E-state index in [0.717, 1.165) is 6.42 Å². The number of alkyl halides is 1. The minimum absolute atomic E-state index is 0.235. The van der Waals surface area contributed by atoms with E-state index in [4.69, 9.17) is 16.3 Å². The zero-order chi connectivity index (χ0) is 10.9. The van der Waals surface area contributed by atoms with Gasteiger partial charge < -0.3 is 10.1 Å². The maximum Gasteiger partial charge on any atom is 0.273 e. The molecule has 7 heteroatoms. The summed E-state index contributed by atoms with van der Waals surface area (Å²) in [7, 11) is 0. The van der Waals surface area contributed by atoms with Crippen molar-refractivity contribution in [3.63, 3.8) is 0 Å². The Morgan fingerprint density at radius 3 is 3.13 bits per heavy atom. The van der Waals surface area contributed by atoms with Crippen LogP contribution in [0, 0.1) is 0 Å². The van der Waals surface area contributed by atoms with Crippen molar-refractivity contribution in [2.75, 3.05) is 25.6 Å². The molecular formula is C8H13ClN4O2. The van der Waals surface area contributed by atoms with Gasteiger partial charge >= 0.3 is 0 Å². The lowest BCUT2D eigenvalue weighted by molar-refractivity contribution is 0.0939. The maximum absolute atomic E-state index is 11.3. The number of nitrogens with one attached hydrogen (secondary N) is 2. The first-order valence-corrected chi connectivity index (χ1v) is 5.15. The highest BCUT2D eigenvalue weighted by molar-refractivity contribution is 6.17. The molecule has 1 aromatic heterocycles. The fraction of sp³-hybridized carbons (Fsp3) is 0.625. The number of aromatic nitrogens is 3. The molecule has 2 N–H and O–H groups in total. The van der Waals surface area contributed by atoms with Crippen molar-refractivity contribution in [1.29, 1.82) is 0 Å². The van der Waals surface area contributed by atoms with E-state index in [1.54, 1.807) is 0 Å². The second kappa shape index (κ2) is 7.19. The number of ether oxygens (including phenoxy) is 1. The van der Waals surface area contributed by atoms with Crippen LogP contribution >= 0.6 is 11.6 Å². The number of amides is 1. The molecule has 1 rings (SSSR count). The fourth-order valence-corrected chi connectivity index (χ4v) is 1.04.